The number of likely N-dealkylation sites (N-methyl/N-ethyl adjacent to an activating group) is 1. The molecule has 7 aliphatic rings. The first-order valence-corrected chi connectivity index (χ1v) is 52.4. The molecule has 11 atom stereocenters. The van der Waals surface area contributed by atoms with Crippen LogP contribution in [0, 0.1) is 34.9 Å². The minimum absolute atomic E-state index is 0. The smallest absolute Gasteiger partial charge is 1.00 e. The van der Waals surface area contributed by atoms with E-state index in [1.807, 2.05) is 118 Å². The molecule has 0 bridgehead atoms. The normalized spacial score (nSPS) is 18.2. The lowest BCUT2D eigenvalue weighted by atomic mass is 9.84. The molecule has 794 valence electrons. The van der Waals surface area contributed by atoms with Gasteiger partial charge in [-0.05, 0) is 117 Å². The second kappa shape index (κ2) is 55.2. The highest BCUT2D eigenvalue weighted by atomic mass is 35.5. The number of aliphatic hydroxyl groups is 4. The van der Waals surface area contributed by atoms with E-state index < -0.39 is 186 Å². The van der Waals surface area contributed by atoms with E-state index in [1.165, 1.54) is 48.5 Å². The minimum Gasteiger partial charge on any atom is -1.00 e. The number of aliphatic hydroxyl groups excluding tert-OH is 3. The highest BCUT2D eigenvalue weighted by Crippen LogP contribution is 2.64. The number of hydrogen-bond donors (Lipinski definition) is 16. The average Bonchev–Trinajstić information content (AvgIpc) is 1.58. The van der Waals surface area contributed by atoms with Crippen LogP contribution < -0.4 is 71.4 Å². The second-order valence-electron chi connectivity index (χ2n) is 33.7. The third kappa shape index (κ3) is 36.2. The third-order valence-electron chi connectivity index (χ3n) is 22.0. The number of anilines is 3. The number of benzene rings is 4. The van der Waals surface area contributed by atoms with Crippen LogP contribution >= 0.6 is 49.6 Å². The van der Waals surface area contributed by atoms with Crippen LogP contribution in [0.25, 0.3) is 0 Å². The second-order valence-corrected chi connectivity index (χ2v) is 43.9. The number of alkyl halides is 3. The van der Waals surface area contributed by atoms with Gasteiger partial charge in [0, 0.05) is 109 Å². The zero-order chi connectivity index (χ0) is 106. The van der Waals surface area contributed by atoms with E-state index >= 15 is 0 Å². The predicted octanol–water partition coefficient (Wildman–Crippen LogP) is 1.80. The Hall–Kier alpha value is -12.0. The molecule has 7 aromatic rings. The summed E-state index contributed by atoms with van der Waals surface area (Å²) in [5.41, 5.74) is 10.3. The Bertz CT molecular complexity index is 5990. The van der Waals surface area contributed by atoms with Gasteiger partial charge in [0.2, 0.25) is 47.0 Å². The first-order valence-electron chi connectivity index (χ1n) is 44.9. The topological polar surface area (TPSA) is 702 Å². The predicted molar refractivity (Wildman–Crippen MR) is 515 cm³/mol. The number of thiophene rings is 1. The van der Waals surface area contributed by atoms with Gasteiger partial charge in [0.15, 0.2) is 33.2 Å². The van der Waals surface area contributed by atoms with Gasteiger partial charge in [-0.15, -0.1) is 33.3 Å². The number of carbonyl (C=O) groups excluding carboxylic acids is 9. The molecule has 4 aromatic carbocycles. The summed E-state index contributed by atoms with van der Waals surface area (Å²) in [6, 6.07) is 26.8. The van der Waals surface area contributed by atoms with Crippen molar-refractivity contribution in [3.05, 3.63) is 177 Å². The number of aliphatic carboxylic acids is 2. The fourth-order valence-corrected chi connectivity index (χ4v) is 23.4. The maximum atomic E-state index is 13.4. The molecule has 146 heavy (non-hydrogen) atoms. The minimum atomic E-state index is -4.86. The summed E-state index contributed by atoms with van der Waals surface area (Å²) in [5.74, 6) is -10.3. The Morgan fingerprint density at radius 1 is 0.733 bits per heavy atom. The number of carbonyl (C=O) groups is 11. The van der Waals surface area contributed by atoms with Gasteiger partial charge in [-0.3, -0.25) is 66.7 Å². The van der Waals surface area contributed by atoms with Crippen molar-refractivity contribution in [2.24, 2.45) is 43.9 Å². The number of nitriles is 1. The van der Waals surface area contributed by atoms with Crippen molar-refractivity contribution in [3.63, 3.8) is 0 Å². The van der Waals surface area contributed by atoms with Crippen molar-refractivity contribution < 1.29 is 147 Å². The quantitative estimate of drug-likeness (QED) is 0.00492. The number of hydroxylamine groups is 1. The molecule has 10 heterocycles. The Balaban J connectivity index is 0.000000243. The number of halogens is 5. The molecule has 48 nitrogen and oxygen atoms in total. The van der Waals surface area contributed by atoms with E-state index in [9.17, 15) is 118 Å². The number of nitrogens with one attached hydrogen (secondary N) is 7. The van der Waals surface area contributed by atoms with Gasteiger partial charge >= 0.3 is 46.5 Å². The van der Waals surface area contributed by atoms with Gasteiger partial charge < -0.3 is 90.6 Å². The highest BCUT2D eigenvalue weighted by Gasteiger charge is 2.54. The maximum absolute atomic E-state index is 13.4. The Labute approximate surface area is 853 Å². The molecule has 5 fully saturated rings. The van der Waals surface area contributed by atoms with Gasteiger partial charge in [0.25, 0.3) is 5.91 Å². The van der Waals surface area contributed by atoms with E-state index in [0.717, 1.165) is 121 Å². The van der Waals surface area contributed by atoms with E-state index in [1.54, 1.807) is 31.7 Å². The molecule has 18 N–H and O–H groups in total. The Kier molecular flexibility index (Phi) is 45.0. The standard InChI is InChI=1S/C23H31N3O4S2.C18H14F4N2O4S.C17H23N7O8.C12H16N3O3P.C9H13N3O5.C8H14N5OPS.ClH/c1-15(2)12-17(18(22(28)26-30)14-32-20-10-7-11-31-20)21(27)25-19(23(29)24-3)13-16-8-5-4-6-9-16;1-17(26,10-29(27,28)14-6-3-12(19)4-7-14)16(25)24-13-5-2-11(9-23)15(8-13)18(20,21)22;18-7(16(29)30)1-6-12(27)19-8(2-4-10(25)13-21-22-13)15(28)20-9(17(31)32)3-5-11(26)14-23-24-14;16-12(18-10-11-4-2-1-3-5-11)13-19(17,14-6-7-14)15-8-9-15;10-5-1-2-12(9(16)11-5)8-7(15)6(14)4(3-13)17-8;1-2-13(8-10-9-7-16-8)15(14,11-3-4-11)12-5-6-12;/h4-11,15,17-19,30H,12-14H2,1-3H3,(H,24,29)(H,25,27)(H,26,28);2-8,26H,10H2,1H3,(H,24,25);7-9,13-14H,1-6,18H2,(H,19,27)(H,20,28)(H,29,30)(H,31,32);1-5H,6-10H2,(H,13,16,17);1-2,4,6-8,13-15H,3H2,(H2,10,11,16);7H,2-6H2,1H3;1H/t17-,18+,19+;17-;7-,8-,9-;;4-,6-,7-,8-;;/m100.1../s1. The van der Waals surface area contributed by atoms with E-state index in [0.29, 0.717) is 31.2 Å². The van der Waals surface area contributed by atoms with Crippen LogP contribution in [0.15, 0.2) is 173 Å². The van der Waals surface area contributed by atoms with Crippen molar-refractivity contribution in [1.82, 2.24) is 70.3 Å². The van der Waals surface area contributed by atoms with E-state index in [-0.39, 0.29) is 105 Å². The molecule has 0 radical (unpaired) electrons. The van der Waals surface area contributed by atoms with Gasteiger partial charge in [-0.2, -0.15) is 43.9 Å². The molecule has 3 aromatic heterocycles. The van der Waals surface area contributed by atoms with Gasteiger partial charge in [-0.25, -0.2) is 56.4 Å². The van der Waals surface area contributed by atoms with Crippen molar-refractivity contribution in [1.29, 1.82) is 5.26 Å². The highest BCUT2D eigenvalue weighted by molar-refractivity contribution is 8.01. The molecule has 5 saturated heterocycles. The average molecular weight is 2180 g/mol. The van der Waals surface area contributed by atoms with Crippen LogP contribution in [-0.4, -0.2) is 292 Å². The summed E-state index contributed by atoms with van der Waals surface area (Å²) in [4.78, 5) is 148. The SMILES string of the molecule is CCN(c1nncs1)P(=O)(N1CC1)N1CC1.CNC(=O)[C@H](Cc1ccccc1)NC(=O)[C@H](CC(C)C)[C@H](CSc1cccs1)C(=O)NO.C[C@](O)(CS(=O)(=O)c1ccc(F)cc1)C(=O)Nc1ccc(C#N)c(C(F)(F)F)c1.N[C@@H](CCC(=O)N[C@@H](CCC(=O)C1N=N1)C(=O)N[C@@H](CCC(=O)C1N=N1)C(=O)O)C(=O)O.Nc1ccn([C@@H]2O[C@H](CO)[C@@H](O)[C@H]2O)c(=O)n1.O=C(NP(=O)(N1CC1)N1CC1)OCc1ccccc1.[Cl-].[H+]. The summed E-state index contributed by atoms with van der Waals surface area (Å²) in [6.07, 6.45) is -10.7. The van der Waals surface area contributed by atoms with Crippen LogP contribution in [0.3, 0.4) is 0 Å². The maximum Gasteiger partial charge on any atom is 1.00 e. The Morgan fingerprint density at radius 2 is 1.31 bits per heavy atom. The van der Waals surface area contributed by atoms with Crippen LogP contribution in [0.4, 0.5) is 39.0 Å². The summed E-state index contributed by atoms with van der Waals surface area (Å²) < 4.78 is 124. The van der Waals surface area contributed by atoms with Crippen molar-refractivity contribution >= 4 is 141 Å². The number of nitrogen functional groups attached to an aromatic ring is 1. The van der Waals surface area contributed by atoms with E-state index in [4.69, 9.17) is 36.4 Å². The van der Waals surface area contributed by atoms with Crippen LogP contribution in [0.5, 0.6) is 0 Å². The van der Waals surface area contributed by atoms with Crippen LogP contribution in [-0.2, 0) is 95.6 Å². The molecule has 0 aliphatic carbocycles. The third-order valence-corrected chi connectivity index (χ3v) is 33.2. The first kappa shape index (κ1) is 119. The lowest BCUT2D eigenvalue weighted by molar-refractivity contribution is -0.142. The lowest BCUT2D eigenvalue weighted by Gasteiger charge is -2.31. The number of carboxylic acids is 2. The lowest BCUT2D eigenvalue weighted by Crippen LogP contribution is -3.00. The number of rotatable bonds is 45. The fraction of sp³-hybridized carbons (Fsp3) is 0.471. The molecular formula is C87H112ClF4N23O25P2S4. The van der Waals surface area contributed by atoms with Gasteiger partial charge in [0.05, 0.1) is 50.5 Å². The van der Waals surface area contributed by atoms with Crippen molar-refractivity contribution in [2.75, 3.05) is 99.8 Å². The first-order chi connectivity index (χ1) is 68.7. The molecule has 14 rings (SSSR count). The number of ketones is 2. The number of sulfone groups is 1. The summed E-state index contributed by atoms with van der Waals surface area (Å²) >= 11 is 4.47. The monoisotopic (exact) mass is 2180 g/mol. The summed E-state index contributed by atoms with van der Waals surface area (Å²) in [6.45, 7) is 14.1. The molecule has 7 aliphatic heterocycles. The number of amides is 7. The van der Waals surface area contributed by atoms with Gasteiger partial charge in [-0.1, -0.05) is 91.9 Å². The molecule has 0 unspecified atom stereocenters. The number of Topliss-reactive ketones (excluding diaryl/α,β-unsaturated/α-hetero) is 2. The van der Waals surface area contributed by atoms with E-state index in [2.05, 4.69) is 62.0 Å². The van der Waals surface area contributed by atoms with Crippen molar-refractivity contribution in [3.8, 4) is 6.07 Å². The number of nitrogens with two attached hydrogens (primary N) is 2. The number of thioether (sulfide) groups is 1. The molecular weight excluding hydrogens is 2070 g/mol. The Morgan fingerprint density at radius 3 is 1.79 bits per heavy atom. The largest absolute Gasteiger partial charge is 1.00 e. The zero-order valence-corrected chi connectivity index (χ0v) is 84.8. The fourth-order valence-electron chi connectivity index (χ4n) is 13.8. The summed E-state index contributed by atoms with van der Waals surface area (Å²) in [7, 11) is -8.10. The van der Waals surface area contributed by atoms with Crippen molar-refractivity contribution in [2.45, 2.75) is 168 Å². The number of nitrogens with zero attached hydrogens (tertiary/aromatic N) is 14. The van der Waals surface area contributed by atoms with Crippen LogP contribution in [0.1, 0.15) is 103 Å². The molecule has 0 spiro atoms. The van der Waals surface area contributed by atoms with Crippen LogP contribution in [0.2, 0.25) is 0 Å². The summed E-state index contributed by atoms with van der Waals surface area (Å²) in [5, 5.41) is 114. The number of hydrogen-bond acceptors (Lipinski definition) is 36. The molecule has 7 amide bonds. The number of carboxylic acid groups (broad SMARTS) is 2. The zero-order valence-electron chi connectivity index (χ0n) is 79.9. The van der Waals surface area contributed by atoms with Gasteiger partial charge in [0.1, 0.15) is 66.2 Å². The number of aromatic nitrogens is 4. The number of ether oxygens (including phenoxy) is 2. The molecule has 0 saturated carbocycles. The molecule has 59 heteroatoms.